The monoisotopic (exact) mass is 235 g/mol. The number of ether oxygens (including phenoxy) is 1. The van der Waals surface area contributed by atoms with Gasteiger partial charge in [0, 0.05) is 0 Å². The summed E-state index contributed by atoms with van der Waals surface area (Å²) in [5.41, 5.74) is 1.28. The van der Waals surface area contributed by atoms with E-state index in [2.05, 4.69) is 57.3 Å². The largest absolute Gasteiger partial charge is 0.488 e. The van der Waals surface area contributed by atoms with Crippen LogP contribution in [-0.2, 0) is 6.42 Å². The van der Waals surface area contributed by atoms with Gasteiger partial charge < -0.3 is 10.1 Å². The highest BCUT2D eigenvalue weighted by atomic mass is 16.5. The van der Waals surface area contributed by atoms with Gasteiger partial charge in [0.05, 0.1) is 0 Å². The molecule has 1 rings (SSSR count). The van der Waals surface area contributed by atoms with E-state index in [-0.39, 0.29) is 5.60 Å². The minimum Gasteiger partial charge on any atom is -0.488 e. The number of nitrogens with one attached hydrogen (secondary N) is 1. The van der Waals surface area contributed by atoms with Gasteiger partial charge in [-0.3, -0.25) is 0 Å². The lowest BCUT2D eigenvalue weighted by Crippen LogP contribution is -2.26. The van der Waals surface area contributed by atoms with Crippen LogP contribution in [0.5, 0.6) is 5.75 Å². The second-order valence-electron chi connectivity index (χ2n) is 4.96. The molecule has 0 aromatic heterocycles. The molecule has 0 radical (unpaired) electrons. The fourth-order valence-corrected chi connectivity index (χ4v) is 1.52. The lowest BCUT2D eigenvalue weighted by atomic mass is 10.1. The molecular weight excluding hydrogens is 210 g/mol. The molecule has 0 spiro atoms. The molecule has 0 fully saturated rings. The molecule has 0 aliphatic heterocycles. The van der Waals surface area contributed by atoms with Crippen molar-refractivity contribution < 1.29 is 4.74 Å². The van der Waals surface area contributed by atoms with Crippen LogP contribution in [0.4, 0.5) is 0 Å². The van der Waals surface area contributed by atoms with Gasteiger partial charge in [-0.1, -0.05) is 26.0 Å². The van der Waals surface area contributed by atoms with Crippen molar-refractivity contribution in [2.24, 2.45) is 0 Å². The van der Waals surface area contributed by atoms with Gasteiger partial charge >= 0.3 is 0 Å². The minimum atomic E-state index is -0.0781. The van der Waals surface area contributed by atoms with Gasteiger partial charge in [0.1, 0.15) is 11.4 Å². The Kier molecular flexibility index (Phi) is 5.49. The maximum absolute atomic E-state index is 5.92. The second kappa shape index (κ2) is 6.65. The highest BCUT2D eigenvalue weighted by Gasteiger charge is 2.16. The predicted molar refractivity (Wildman–Crippen MR) is 73.7 cm³/mol. The molecule has 0 aliphatic rings. The fraction of sp³-hybridized carbons (Fsp3) is 0.600. The molecule has 2 nitrogen and oxygen atoms in total. The Balaban J connectivity index is 2.50. The van der Waals surface area contributed by atoms with Gasteiger partial charge in [-0.15, -0.1) is 0 Å². The average molecular weight is 235 g/mol. The summed E-state index contributed by atoms with van der Waals surface area (Å²) in [7, 11) is 0. The maximum Gasteiger partial charge on any atom is 0.120 e. The first-order valence-electron chi connectivity index (χ1n) is 6.56. The third-order valence-electron chi connectivity index (χ3n) is 3.01. The molecule has 0 heterocycles. The van der Waals surface area contributed by atoms with Crippen molar-refractivity contribution in [3.63, 3.8) is 0 Å². The number of rotatable bonds is 7. The van der Waals surface area contributed by atoms with E-state index < -0.39 is 0 Å². The van der Waals surface area contributed by atoms with Crippen LogP contribution in [0.25, 0.3) is 0 Å². The lowest BCUT2D eigenvalue weighted by Gasteiger charge is -2.24. The van der Waals surface area contributed by atoms with Gasteiger partial charge in [-0.05, 0) is 57.5 Å². The molecule has 1 aromatic carbocycles. The van der Waals surface area contributed by atoms with E-state index in [1.165, 1.54) is 5.56 Å². The maximum atomic E-state index is 5.92. The van der Waals surface area contributed by atoms with E-state index in [0.29, 0.717) is 0 Å². The first-order valence-corrected chi connectivity index (χ1v) is 6.56. The average Bonchev–Trinajstić information content (AvgIpc) is 2.31. The summed E-state index contributed by atoms with van der Waals surface area (Å²) in [4.78, 5) is 0. The molecule has 0 amide bonds. The van der Waals surface area contributed by atoms with Crippen LogP contribution < -0.4 is 10.1 Å². The molecule has 0 bridgehead atoms. The fourth-order valence-electron chi connectivity index (χ4n) is 1.52. The topological polar surface area (TPSA) is 21.3 Å². The van der Waals surface area contributed by atoms with Crippen LogP contribution >= 0.6 is 0 Å². The highest BCUT2D eigenvalue weighted by molar-refractivity contribution is 5.28. The Morgan fingerprint density at radius 3 is 2.29 bits per heavy atom. The van der Waals surface area contributed by atoms with Crippen LogP contribution in [0.15, 0.2) is 24.3 Å². The second-order valence-corrected chi connectivity index (χ2v) is 4.96. The minimum absolute atomic E-state index is 0.0781. The van der Waals surface area contributed by atoms with Gasteiger partial charge in [0.2, 0.25) is 0 Å². The van der Waals surface area contributed by atoms with Crippen molar-refractivity contribution in [3.8, 4) is 5.75 Å². The van der Waals surface area contributed by atoms with Crippen molar-refractivity contribution in [1.82, 2.24) is 5.32 Å². The van der Waals surface area contributed by atoms with Gasteiger partial charge in [-0.2, -0.15) is 0 Å². The Morgan fingerprint density at radius 1 is 1.12 bits per heavy atom. The summed E-state index contributed by atoms with van der Waals surface area (Å²) in [6.07, 6.45) is 2.08. The molecule has 2 heteroatoms. The van der Waals surface area contributed by atoms with Crippen LogP contribution in [0.1, 0.15) is 39.7 Å². The van der Waals surface area contributed by atoms with E-state index in [0.717, 1.165) is 31.7 Å². The van der Waals surface area contributed by atoms with Crippen molar-refractivity contribution in [2.45, 2.75) is 46.1 Å². The van der Waals surface area contributed by atoms with E-state index in [9.17, 15) is 0 Å². The third kappa shape index (κ3) is 5.22. The molecule has 96 valence electrons. The van der Waals surface area contributed by atoms with Gasteiger partial charge in [0.15, 0.2) is 0 Å². The molecule has 0 unspecified atom stereocenters. The van der Waals surface area contributed by atoms with Gasteiger partial charge in [-0.25, -0.2) is 0 Å². The van der Waals surface area contributed by atoms with Crippen molar-refractivity contribution >= 4 is 0 Å². The number of hydrogen-bond donors (Lipinski definition) is 1. The van der Waals surface area contributed by atoms with Crippen LogP contribution in [-0.4, -0.2) is 18.7 Å². The van der Waals surface area contributed by atoms with E-state index >= 15 is 0 Å². The smallest absolute Gasteiger partial charge is 0.120 e. The molecule has 17 heavy (non-hydrogen) atoms. The molecule has 0 saturated heterocycles. The molecule has 1 N–H and O–H groups in total. The molecule has 0 saturated carbocycles. The lowest BCUT2D eigenvalue weighted by molar-refractivity contribution is 0.105. The number of likely N-dealkylation sites (N-methyl/N-ethyl adjacent to an activating group) is 1. The van der Waals surface area contributed by atoms with Crippen LogP contribution in [0.3, 0.4) is 0 Å². The normalized spacial score (nSPS) is 11.5. The SMILES string of the molecule is CCNCCc1ccc(OC(C)(C)CC)cc1. The number of benzene rings is 1. The molecule has 1 aromatic rings. The first-order chi connectivity index (χ1) is 8.07. The molecule has 0 aliphatic carbocycles. The van der Waals surface area contributed by atoms with Crippen LogP contribution in [0.2, 0.25) is 0 Å². The zero-order valence-corrected chi connectivity index (χ0v) is 11.5. The van der Waals surface area contributed by atoms with Gasteiger partial charge in [0.25, 0.3) is 0 Å². The zero-order chi connectivity index (χ0) is 12.7. The van der Waals surface area contributed by atoms with E-state index in [4.69, 9.17) is 4.74 Å². The first kappa shape index (κ1) is 14.0. The molecule has 0 atom stereocenters. The summed E-state index contributed by atoms with van der Waals surface area (Å²) in [5.74, 6) is 0.962. The van der Waals surface area contributed by atoms with Crippen molar-refractivity contribution in [2.75, 3.05) is 13.1 Å². The third-order valence-corrected chi connectivity index (χ3v) is 3.01. The Bertz CT molecular complexity index is 316. The molecular formula is C15H25NO. The Hall–Kier alpha value is -1.02. The quantitative estimate of drug-likeness (QED) is 0.731. The summed E-state index contributed by atoms with van der Waals surface area (Å²) in [5, 5.41) is 3.33. The van der Waals surface area contributed by atoms with E-state index in [1.54, 1.807) is 0 Å². The van der Waals surface area contributed by atoms with E-state index in [1.807, 2.05) is 0 Å². The highest BCUT2D eigenvalue weighted by Crippen LogP contribution is 2.21. The predicted octanol–water partition coefficient (Wildman–Crippen LogP) is 3.41. The Morgan fingerprint density at radius 2 is 1.76 bits per heavy atom. The van der Waals surface area contributed by atoms with Crippen LogP contribution in [0, 0.1) is 0 Å². The van der Waals surface area contributed by atoms with Crippen molar-refractivity contribution in [1.29, 1.82) is 0 Å². The zero-order valence-electron chi connectivity index (χ0n) is 11.5. The summed E-state index contributed by atoms with van der Waals surface area (Å²) < 4.78 is 5.92. The Labute approximate surface area is 105 Å². The summed E-state index contributed by atoms with van der Waals surface area (Å²) >= 11 is 0. The summed E-state index contributed by atoms with van der Waals surface area (Å²) in [6.45, 7) is 10.6. The number of hydrogen-bond acceptors (Lipinski definition) is 2. The summed E-state index contributed by atoms with van der Waals surface area (Å²) in [6, 6.07) is 8.44. The van der Waals surface area contributed by atoms with Crippen molar-refractivity contribution in [3.05, 3.63) is 29.8 Å². The standard InChI is InChI=1S/C15H25NO/c1-5-15(3,4)17-14-9-7-13(8-10-14)11-12-16-6-2/h7-10,16H,5-6,11-12H2,1-4H3.